The molecule has 0 aliphatic rings. The minimum Gasteiger partial charge on any atom is -0.400 e. The molecular formula is C16H19ClN2OS. The summed E-state index contributed by atoms with van der Waals surface area (Å²) in [6.07, 6.45) is 7.17. The van der Waals surface area contributed by atoms with Crippen LogP contribution in [0.5, 0.6) is 0 Å². The van der Waals surface area contributed by atoms with Crippen molar-refractivity contribution in [2.24, 2.45) is 10.7 Å². The first kappa shape index (κ1) is 17.6. The van der Waals surface area contributed by atoms with Crippen molar-refractivity contribution in [3.8, 4) is 0 Å². The average molecular weight is 323 g/mol. The van der Waals surface area contributed by atoms with Gasteiger partial charge in [0.25, 0.3) is 0 Å². The molecule has 0 aliphatic carbocycles. The van der Waals surface area contributed by atoms with Crippen molar-refractivity contribution in [1.29, 1.82) is 0 Å². The Balaban J connectivity index is 3.06. The quantitative estimate of drug-likeness (QED) is 0.426. The molecule has 0 aliphatic heterocycles. The average Bonchev–Trinajstić information content (AvgIpc) is 2.50. The highest BCUT2D eigenvalue weighted by Crippen LogP contribution is 2.17. The van der Waals surface area contributed by atoms with Crippen LogP contribution in [0, 0.1) is 0 Å². The summed E-state index contributed by atoms with van der Waals surface area (Å²) in [6.45, 7) is 2.10. The third kappa shape index (κ3) is 6.21. The second-order valence-electron chi connectivity index (χ2n) is 4.25. The van der Waals surface area contributed by atoms with Crippen LogP contribution in [0.15, 0.2) is 64.2 Å². The molecule has 112 valence electrons. The fourth-order valence-electron chi connectivity index (χ4n) is 1.49. The molecule has 0 fully saturated rings. The highest BCUT2D eigenvalue weighted by atomic mass is 35.5. The number of halogens is 1. The normalized spacial score (nSPS) is 14.0. The molecule has 0 bridgehead atoms. The van der Waals surface area contributed by atoms with Gasteiger partial charge in [0.05, 0.1) is 18.9 Å². The standard InChI is InChI=1S/C16H19ClN2OS/c1-2-3-8-16(21)15(9-13(18)11-20)19-10-12-6-4-5-7-14(12)17/h2-9,20-21H,10-11,18H2,1H3/b3-2-,13-9?,16-8-,19-15?. The molecule has 0 spiro atoms. The van der Waals surface area contributed by atoms with E-state index in [1.165, 1.54) is 0 Å². The number of aliphatic hydroxyl groups is 1. The van der Waals surface area contributed by atoms with Gasteiger partial charge in [-0.25, -0.2) is 0 Å². The molecule has 3 nitrogen and oxygen atoms in total. The lowest BCUT2D eigenvalue weighted by molar-refractivity contribution is 0.330. The van der Waals surface area contributed by atoms with Crippen molar-refractivity contribution < 1.29 is 5.11 Å². The van der Waals surface area contributed by atoms with Gasteiger partial charge in [-0.2, -0.15) is 0 Å². The number of allylic oxidation sites excluding steroid dienone is 5. The van der Waals surface area contributed by atoms with Crippen molar-refractivity contribution in [3.63, 3.8) is 0 Å². The Bertz CT molecular complexity index is 592. The van der Waals surface area contributed by atoms with Gasteiger partial charge in [-0.15, -0.1) is 12.6 Å². The van der Waals surface area contributed by atoms with Gasteiger partial charge in [0.1, 0.15) is 0 Å². The van der Waals surface area contributed by atoms with E-state index in [0.29, 0.717) is 27.9 Å². The summed E-state index contributed by atoms with van der Waals surface area (Å²) in [5.41, 5.74) is 7.51. The van der Waals surface area contributed by atoms with Crippen molar-refractivity contribution in [2.45, 2.75) is 13.5 Å². The zero-order valence-electron chi connectivity index (χ0n) is 11.8. The number of nitrogens with two attached hydrogens (primary N) is 1. The lowest BCUT2D eigenvalue weighted by Crippen LogP contribution is -2.07. The molecule has 21 heavy (non-hydrogen) atoms. The summed E-state index contributed by atoms with van der Waals surface area (Å²) < 4.78 is 0. The first-order valence-corrected chi connectivity index (χ1v) is 7.28. The zero-order chi connectivity index (χ0) is 15.7. The Labute approximate surface area is 135 Å². The van der Waals surface area contributed by atoms with Crippen LogP contribution in [0.4, 0.5) is 0 Å². The summed E-state index contributed by atoms with van der Waals surface area (Å²) in [5.74, 6) is 0. The van der Waals surface area contributed by atoms with Crippen LogP contribution in [-0.4, -0.2) is 17.4 Å². The number of benzene rings is 1. The number of nitrogens with zero attached hydrogens (tertiary/aromatic N) is 1. The van der Waals surface area contributed by atoms with Crippen molar-refractivity contribution in [1.82, 2.24) is 0 Å². The molecule has 1 rings (SSSR count). The summed E-state index contributed by atoms with van der Waals surface area (Å²) >= 11 is 10.5. The van der Waals surface area contributed by atoms with Crippen LogP contribution >= 0.6 is 24.2 Å². The minimum atomic E-state index is -0.226. The first-order valence-electron chi connectivity index (χ1n) is 6.45. The maximum atomic E-state index is 9.04. The molecule has 0 heterocycles. The molecule has 0 saturated carbocycles. The second-order valence-corrected chi connectivity index (χ2v) is 5.14. The van der Waals surface area contributed by atoms with E-state index in [1.54, 1.807) is 6.08 Å². The predicted molar refractivity (Wildman–Crippen MR) is 93.8 cm³/mol. The Kier molecular flexibility index (Phi) is 7.90. The number of aliphatic hydroxyl groups excluding tert-OH is 1. The van der Waals surface area contributed by atoms with E-state index in [2.05, 4.69) is 17.6 Å². The monoisotopic (exact) mass is 322 g/mol. The van der Waals surface area contributed by atoms with E-state index in [-0.39, 0.29) is 6.61 Å². The number of thiol groups is 1. The predicted octanol–water partition coefficient (Wildman–Crippen LogP) is 3.51. The SMILES string of the molecule is C/C=C\C=C(/S)C(C=C(N)CO)=NCc1ccccc1Cl. The van der Waals surface area contributed by atoms with Gasteiger partial charge in [0.2, 0.25) is 0 Å². The molecule has 0 aromatic heterocycles. The summed E-state index contributed by atoms with van der Waals surface area (Å²) in [6, 6.07) is 7.51. The Hall–Kier alpha value is -1.49. The second kappa shape index (κ2) is 9.45. The molecule has 3 N–H and O–H groups in total. The lowest BCUT2D eigenvalue weighted by Gasteiger charge is -2.05. The van der Waals surface area contributed by atoms with Crippen LogP contribution in [0.2, 0.25) is 5.02 Å². The third-order valence-corrected chi connectivity index (χ3v) is 3.34. The van der Waals surface area contributed by atoms with Gasteiger partial charge in [-0.1, -0.05) is 42.0 Å². The molecule has 0 amide bonds. The van der Waals surface area contributed by atoms with Gasteiger partial charge in [0.15, 0.2) is 0 Å². The highest BCUT2D eigenvalue weighted by molar-refractivity contribution is 7.85. The smallest absolute Gasteiger partial charge is 0.0826 e. The molecule has 0 saturated heterocycles. The number of hydrogen-bond acceptors (Lipinski definition) is 4. The molecule has 5 heteroatoms. The summed E-state index contributed by atoms with van der Waals surface area (Å²) in [5, 5.41) is 9.71. The number of hydrogen-bond donors (Lipinski definition) is 3. The Morgan fingerprint density at radius 3 is 2.76 bits per heavy atom. The van der Waals surface area contributed by atoms with E-state index < -0.39 is 0 Å². The van der Waals surface area contributed by atoms with Crippen LogP contribution in [0.3, 0.4) is 0 Å². The van der Waals surface area contributed by atoms with Crippen LogP contribution in [0.25, 0.3) is 0 Å². The number of rotatable bonds is 6. The van der Waals surface area contributed by atoms with Gasteiger partial charge in [-0.3, -0.25) is 4.99 Å². The Morgan fingerprint density at radius 2 is 2.14 bits per heavy atom. The topological polar surface area (TPSA) is 58.6 Å². The fourth-order valence-corrected chi connectivity index (χ4v) is 1.91. The molecule has 0 atom stereocenters. The van der Waals surface area contributed by atoms with Crippen LogP contribution in [0.1, 0.15) is 12.5 Å². The van der Waals surface area contributed by atoms with E-state index in [4.69, 9.17) is 22.4 Å². The van der Waals surface area contributed by atoms with Crippen molar-refractivity contribution >= 4 is 29.9 Å². The van der Waals surface area contributed by atoms with Gasteiger partial charge in [0, 0.05) is 15.6 Å². The fraction of sp³-hybridized carbons (Fsp3) is 0.188. The molecule has 0 radical (unpaired) electrons. The maximum Gasteiger partial charge on any atom is 0.0826 e. The zero-order valence-corrected chi connectivity index (χ0v) is 13.5. The van der Waals surface area contributed by atoms with E-state index in [0.717, 1.165) is 5.56 Å². The summed E-state index contributed by atoms with van der Waals surface area (Å²) in [4.78, 5) is 5.15. The van der Waals surface area contributed by atoms with E-state index in [1.807, 2.05) is 49.4 Å². The van der Waals surface area contributed by atoms with Crippen LogP contribution in [-0.2, 0) is 6.54 Å². The number of aliphatic imine (C=N–C) groups is 1. The molecule has 1 aromatic rings. The highest BCUT2D eigenvalue weighted by Gasteiger charge is 2.03. The van der Waals surface area contributed by atoms with Gasteiger partial charge in [-0.05, 0) is 30.7 Å². The van der Waals surface area contributed by atoms with Crippen molar-refractivity contribution in [3.05, 3.63) is 69.8 Å². The largest absolute Gasteiger partial charge is 0.400 e. The van der Waals surface area contributed by atoms with Crippen LogP contribution < -0.4 is 5.73 Å². The van der Waals surface area contributed by atoms with Gasteiger partial charge >= 0.3 is 0 Å². The Morgan fingerprint density at radius 1 is 1.43 bits per heavy atom. The lowest BCUT2D eigenvalue weighted by atomic mass is 10.2. The molecule has 1 aromatic carbocycles. The molecular weight excluding hydrogens is 304 g/mol. The third-order valence-electron chi connectivity index (χ3n) is 2.59. The summed E-state index contributed by atoms with van der Waals surface area (Å²) in [7, 11) is 0. The molecule has 0 unspecified atom stereocenters. The van der Waals surface area contributed by atoms with E-state index >= 15 is 0 Å². The minimum absolute atomic E-state index is 0.226. The van der Waals surface area contributed by atoms with E-state index in [9.17, 15) is 0 Å². The first-order chi connectivity index (χ1) is 10.1. The van der Waals surface area contributed by atoms with Gasteiger partial charge < -0.3 is 10.8 Å². The van der Waals surface area contributed by atoms with Crippen molar-refractivity contribution in [2.75, 3.05) is 6.61 Å². The maximum absolute atomic E-state index is 9.04.